The number of hydrogen-bond acceptors (Lipinski definition) is 4. The van der Waals surface area contributed by atoms with E-state index in [0.29, 0.717) is 4.88 Å². The second kappa shape index (κ2) is 9.03. The zero-order valence-corrected chi connectivity index (χ0v) is 19.4. The van der Waals surface area contributed by atoms with Crippen molar-refractivity contribution in [1.29, 1.82) is 0 Å². The van der Waals surface area contributed by atoms with Crippen molar-refractivity contribution in [3.63, 3.8) is 0 Å². The summed E-state index contributed by atoms with van der Waals surface area (Å²) in [5.74, 6) is 0.156. The van der Waals surface area contributed by atoms with Gasteiger partial charge in [-0.1, -0.05) is 42.5 Å². The normalized spacial score (nSPS) is 13.0. The van der Waals surface area contributed by atoms with E-state index in [-0.39, 0.29) is 11.8 Å². The van der Waals surface area contributed by atoms with Gasteiger partial charge in [0.25, 0.3) is 5.91 Å². The summed E-state index contributed by atoms with van der Waals surface area (Å²) in [4.78, 5) is 30.8. The number of imidazole rings is 1. The first-order valence-corrected chi connectivity index (χ1v) is 11.4. The zero-order chi connectivity index (χ0) is 22.0. The number of amides is 2. The van der Waals surface area contributed by atoms with Gasteiger partial charge in [0.2, 0.25) is 5.91 Å². The molecular formula is C23H21BrN4O2S. The van der Waals surface area contributed by atoms with Crippen molar-refractivity contribution in [1.82, 2.24) is 20.2 Å². The fourth-order valence-corrected chi connectivity index (χ4v) is 4.69. The molecule has 0 aliphatic heterocycles. The van der Waals surface area contributed by atoms with Gasteiger partial charge in [-0.25, -0.2) is 4.98 Å². The summed E-state index contributed by atoms with van der Waals surface area (Å²) < 4.78 is 2.85. The summed E-state index contributed by atoms with van der Waals surface area (Å²) in [6.07, 6.45) is 0. The molecule has 4 aromatic rings. The van der Waals surface area contributed by atoms with Crippen LogP contribution in [0, 0.1) is 0 Å². The maximum absolute atomic E-state index is 13.0. The molecule has 0 spiro atoms. The van der Waals surface area contributed by atoms with Crippen molar-refractivity contribution in [2.45, 2.75) is 19.0 Å². The lowest BCUT2D eigenvalue weighted by molar-refractivity contribution is -0.123. The second-order valence-corrected chi connectivity index (χ2v) is 9.63. The molecule has 2 heterocycles. The fourth-order valence-electron chi connectivity index (χ4n) is 3.40. The Balaban J connectivity index is 1.59. The summed E-state index contributed by atoms with van der Waals surface area (Å²) in [7, 11) is 1.94. The zero-order valence-electron chi connectivity index (χ0n) is 17.0. The number of para-hydroxylation sites is 2. The van der Waals surface area contributed by atoms with E-state index in [1.807, 2.05) is 72.3 Å². The molecule has 0 saturated carbocycles. The van der Waals surface area contributed by atoms with Crippen molar-refractivity contribution < 1.29 is 9.59 Å². The number of halogens is 1. The molecule has 0 fully saturated rings. The van der Waals surface area contributed by atoms with E-state index in [0.717, 1.165) is 26.2 Å². The minimum atomic E-state index is -0.714. The van der Waals surface area contributed by atoms with Gasteiger partial charge in [0.05, 0.1) is 19.7 Å². The Morgan fingerprint density at radius 3 is 2.39 bits per heavy atom. The summed E-state index contributed by atoms with van der Waals surface area (Å²) in [6.45, 7) is 1.67. The Bertz CT molecular complexity index is 1230. The molecule has 2 aromatic heterocycles. The number of thiophene rings is 1. The van der Waals surface area contributed by atoms with E-state index in [1.165, 1.54) is 11.3 Å². The molecular weight excluding hydrogens is 476 g/mol. The van der Waals surface area contributed by atoms with Crippen molar-refractivity contribution >= 4 is 50.1 Å². The number of nitrogens with one attached hydrogen (secondary N) is 2. The highest BCUT2D eigenvalue weighted by atomic mass is 79.9. The Kier molecular flexibility index (Phi) is 6.20. The van der Waals surface area contributed by atoms with E-state index in [9.17, 15) is 9.59 Å². The smallest absolute Gasteiger partial charge is 0.262 e. The number of rotatable bonds is 6. The van der Waals surface area contributed by atoms with Gasteiger partial charge in [-0.05, 0) is 52.7 Å². The number of aromatic nitrogens is 2. The molecule has 2 aromatic carbocycles. The molecule has 0 saturated heterocycles. The van der Waals surface area contributed by atoms with Crippen LogP contribution in [-0.2, 0) is 11.8 Å². The SMILES string of the molecule is CC(NC(=O)c1ccc(Br)s1)C(=O)NC(c1ccccc1)c1nc2ccccc2n1C. The van der Waals surface area contributed by atoms with Gasteiger partial charge in [0.1, 0.15) is 17.9 Å². The van der Waals surface area contributed by atoms with E-state index in [2.05, 4.69) is 26.6 Å². The molecule has 0 bridgehead atoms. The molecule has 2 atom stereocenters. The van der Waals surface area contributed by atoms with Crippen LogP contribution in [0.15, 0.2) is 70.5 Å². The Morgan fingerprint density at radius 1 is 1.00 bits per heavy atom. The minimum absolute atomic E-state index is 0.280. The molecule has 2 unspecified atom stereocenters. The molecule has 0 aliphatic rings. The van der Waals surface area contributed by atoms with Gasteiger partial charge >= 0.3 is 0 Å². The first-order chi connectivity index (χ1) is 14.9. The predicted molar refractivity (Wildman–Crippen MR) is 126 cm³/mol. The third-order valence-corrected chi connectivity index (χ3v) is 6.66. The molecule has 6 nitrogen and oxygen atoms in total. The van der Waals surface area contributed by atoms with Gasteiger partial charge in [0, 0.05) is 7.05 Å². The maximum atomic E-state index is 13.0. The Labute approximate surface area is 192 Å². The van der Waals surface area contributed by atoms with Crippen LogP contribution in [0.5, 0.6) is 0 Å². The van der Waals surface area contributed by atoms with Crippen LogP contribution in [0.2, 0.25) is 0 Å². The first kappa shape index (κ1) is 21.3. The summed E-state index contributed by atoms with van der Waals surface area (Å²) >= 11 is 4.67. The number of nitrogens with zero attached hydrogens (tertiary/aromatic N) is 2. The average molecular weight is 497 g/mol. The van der Waals surface area contributed by atoms with Gasteiger partial charge in [-0.2, -0.15) is 0 Å². The molecule has 31 heavy (non-hydrogen) atoms. The highest BCUT2D eigenvalue weighted by Crippen LogP contribution is 2.25. The van der Waals surface area contributed by atoms with Gasteiger partial charge < -0.3 is 15.2 Å². The lowest BCUT2D eigenvalue weighted by atomic mass is 10.1. The van der Waals surface area contributed by atoms with Gasteiger partial charge in [-0.3, -0.25) is 9.59 Å². The molecule has 2 N–H and O–H groups in total. The van der Waals surface area contributed by atoms with Crippen LogP contribution in [0.25, 0.3) is 11.0 Å². The summed E-state index contributed by atoms with van der Waals surface area (Å²) in [5, 5.41) is 5.84. The predicted octanol–water partition coefficient (Wildman–Crippen LogP) is 4.42. The minimum Gasteiger partial charge on any atom is -0.340 e. The van der Waals surface area contributed by atoms with Crippen molar-refractivity contribution in [2.75, 3.05) is 0 Å². The third-order valence-electron chi connectivity index (χ3n) is 5.04. The molecule has 0 radical (unpaired) electrons. The molecule has 158 valence electrons. The quantitative estimate of drug-likeness (QED) is 0.414. The highest BCUT2D eigenvalue weighted by Gasteiger charge is 2.26. The topological polar surface area (TPSA) is 76.0 Å². The number of carbonyl (C=O) groups excluding carboxylic acids is 2. The van der Waals surface area contributed by atoms with Crippen LogP contribution >= 0.6 is 27.3 Å². The number of carbonyl (C=O) groups is 2. The van der Waals surface area contributed by atoms with E-state index < -0.39 is 12.1 Å². The lowest BCUT2D eigenvalue weighted by Gasteiger charge is -2.22. The van der Waals surface area contributed by atoms with E-state index in [4.69, 9.17) is 4.98 Å². The van der Waals surface area contributed by atoms with Crippen molar-refractivity contribution in [3.8, 4) is 0 Å². The number of aryl methyl sites for hydroxylation is 1. The van der Waals surface area contributed by atoms with Crippen molar-refractivity contribution in [3.05, 3.63) is 86.8 Å². The van der Waals surface area contributed by atoms with Gasteiger partial charge in [-0.15, -0.1) is 11.3 Å². The van der Waals surface area contributed by atoms with Crippen molar-refractivity contribution in [2.24, 2.45) is 7.05 Å². The fraction of sp³-hybridized carbons (Fsp3) is 0.174. The Hall–Kier alpha value is -2.97. The third kappa shape index (κ3) is 4.55. The standard InChI is InChI=1S/C23H21BrN4O2S/c1-14(25-23(30)18-12-13-19(24)31-18)22(29)27-20(15-8-4-3-5-9-15)21-26-16-10-6-7-11-17(16)28(21)2/h3-14,20H,1-2H3,(H,25,30)(H,27,29). The molecule has 4 rings (SSSR count). The van der Waals surface area contributed by atoms with Crippen LogP contribution in [-0.4, -0.2) is 27.4 Å². The summed E-state index contributed by atoms with van der Waals surface area (Å²) in [6, 6.07) is 19.9. The molecule has 0 aliphatic carbocycles. The average Bonchev–Trinajstić information content (AvgIpc) is 3.36. The van der Waals surface area contributed by atoms with E-state index >= 15 is 0 Å². The van der Waals surface area contributed by atoms with Crippen LogP contribution < -0.4 is 10.6 Å². The maximum Gasteiger partial charge on any atom is 0.262 e. The second-order valence-electron chi connectivity index (χ2n) is 7.17. The van der Waals surface area contributed by atoms with Crippen LogP contribution in [0.3, 0.4) is 0 Å². The largest absolute Gasteiger partial charge is 0.340 e. The van der Waals surface area contributed by atoms with Crippen LogP contribution in [0.4, 0.5) is 0 Å². The van der Waals surface area contributed by atoms with E-state index in [1.54, 1.807) is 13.0 Å². The first-order valence-electron chi connectivity index (χ1n) is 9.77. The molecule has 8 heteroatoms. The summed E-state index contributed by atoms with van der Waals surface area (Å²) in [5.41, 5.74) is 2.76. The van der Waals surface area contributed by atoms with Gasteiger partial charge in [0.15, 0.2) is 0 Å². The number of benzene rings is 2. The number of hydrogen-bond donors (Lipinski definition) is 2. The lowest BCUT2D eigenvalue weighted by Crippen LogP contribution is -2.46. The highest BCUT2D eigenvalue weighted by molar-refractivity contribution is 9.11. The number of fused-ring (bicyclic) bond motifs is 1. The molecule has 2 amide bonds. The Morgan fingerprint density at radius 2 is 1.71 bits per heavy atom. The monoisotopic (exact) mass is 496 g/mol. The van der Waals surface area contributed by atoms with Crippen LogP contribution in [0.1, 0.15) is 34.0 Å².